The number of benzene rings is 1. The molecule has 0 saturated carbocycles. The van der Waals surface area contributed by atoms with Crippen LogP contribution < -0.4 is 4.74 Å². The molecule has 0 amide bonds. The first-order chi connectivity index (χ1) is 13.8. The predicted octanol–water partition coefficient (Wildman–Crippen LogP) is 3.39. The molecule has 0 atom stereocenters. The maximum atomic E-state index is 13.1. The molecule has 0 aliphatic rings. The Kier molecular flexibility index (Phi) is 6.11. The number of hydrogen-bond acceptors (Lipinski definition) is 6. The summed E-state index contributed by atoms with van der Waals surface area (Å²) in [6, 6.07) is 9.49. The number of carbonyl (C=O) groups is 2. The first kappa shape index (κ1) is 20.3. The van der Waals surface area contributed by atoms with Crippen molar-refractivity contribution in [2.24, 2.45) is 0 Å². The fourth-order valence-corrected chi connectivity index (χ4v) is 2.91. The van der Waals surface area contributed by atoms with Crippen molar-refractivity contribution in [3.8, 4) is 5.88 Å². The molecule has 152 valence electrons. The van der Waals surface area contributed by atoms with Gasteiger partial charge in [-0.2, -0.15) is 0 Å². The van der Waals surface area contributed by atoms with Gasteiger partial charge in [-0.25, -0.2) is 9.18 Å². The SMILES string of the molecule is Cc1cc(OCC(=O)OCC(=O)c2cc(C)n(Cc3ccc(F)cc3)c2C)no1. The maximum absolute atomic E-state index is 13.1. The number of ether oxygens (including phenoxy) is 2. The van der Waals surface area contributed by atoms with Crippen molar-refractivity contribution in [2.75, 3.05) is 13.2 Å². The lowest BCUT2D eigenvalue weighted by Gasteiger charge is -2.10. The van der Waals surface area contributed by atoms with Gasteiger partial charge in [0.1, 0.15) is 11.6 Å². The fourth-order valence-electron chi connectivity index (χ4n) is 2.91. The minimum absolute atomic E-state index is 0.176. The zero-order chi connectivity index (χ0) is 21.0. The first-order valence-electron chi connectivity index (χ1n) is 8.99. The lowest BCUT2D eigenvalue weighted by molar-refractivity contribution is -0.144. The fraction of sp³-hybridized carbons (Fsp3) is 0.286. The first-order valence-corrected chi connectivity index (χ1v) is 8.99. The monoisotopic (exact) mass is 400 g/mol. The van der Waals surface area contributed by atoms with Crippen molar-refractivity contribution in [2.45, 2.75) is 27.3 Å². The lowest BCUT2D eigenvalue weighted by Crippen LogP contribution is -2.20. The number of esters is 1. The van der Waals surface area contributed by atoms with Gasteiger partial charge in [0, 0.05) is 29.6 Å². The highest BCUT2D eigenvalue weighted by Gasteiger charge is 2.18. The molecule has 3 aromatic rings. The smallest absolute Gasteiger partial charge is 0.344 e. The number of aryl methyl sites for hydroxylation is 2. The summed E-state index contributed by atoms with van der Waals surface area (Å²) in [5.41, 5.74) is 3.03. The molecule has 0 fully saturated rings. The molecule has 0 bridgehead atoms. The van der Waals surface area contributed by atoms with Crippen LogP contribution in [0.5, 0.6) is 5.88 Å². The number of Topliss-reactive ketones (excluding diaryl/α,β-unsaturated/α-hetero) is 1. The maximum Gasteiger partial charge on any atom is 0.344 e. The van der Waals surface area contributed by atoms with Crippen LogP contribution in [0.2, 0.25) is 0 Å². The molecule has 2 aromatic heterocycles. The number of carbonyl (C=O) groups excluding carboxylic acids is 2. The predicted molar refractivity (Wildman–Crippen MR) is 101 cm³/mol. The van der Waals surface area contributed by atoms with Crippen molar-refractivity contribution in [3.05, 3.63) is 70.5 Å². The summed E-state index contributed by atoms with van der Waals surface area (Å²) in [5, 5.41) is 3.60. The number of halogens is 1. The van der Waals surface area contributed by atoms with E-state index in [4.69, 9.17) is 14.0 Å². The molecule has 0 aliphatic carbocycles. The number of nitrogens with zero attached hydrogens (tertiary/aromatic N) is 2. The van der Waals surface area contributed by atoms with E-state index in [1.165, 1.54) is 18.2 Å². The highest BCUT2D eigenvalue weighted by atomic mass is 19.1. The van der Waals surface area contributed by atoms with Crippen molar-refractivity contribution in [1.29, 1.82) is 0 Å². The van der Waals surface area contributed by atoms with E-state index in [9.17, 15) is 14.0 Å². The zero-order valence-electron chi connectivity index (χ0n) is 16.4. The molecule has 29 heavy (non-hydrogen) atoms. The van der Waals surface area contributed by atoms with E-state index in [-0.39, 0.29) is 30.7 Å². The number of ketones is 1. The Morgan fingerprint density at radius 2 is 1.83 bits per heavy atom. The molecule has 0 radical (unpaired) electrons. The van der Waals surface area contributed by atoms with Crippen LogP contribution in [0.1, 0.15) is 33.1 Å². The molecule has 0 unspecified atom stereocenters. The Morgan fingerprint density at radius 3 is 2.48 bits per heavy atom. The summed E-state index contributed by atoms with van der Waals surface area (Å²) in [4.78, 5) is 24.3. The number of rotatable bonds is 8. The minimum Gasteiger partial charge on any atom is -0.463 e. The van der Waals surface area contributed by atoms with Crippen molar-refractivity contribution >= 4 is 11.8 Å². The minimum atomic E-state index is -0.681. The largest absolute Gasteiger partial charge is 0.463 e. The Bertz CT molecular complexity index is 1020. The van der Waals surface area contributed by atoms with Gasteiger partial charge in [-0.3, -0.25) is 4.79 Å². The van der Waals surface area contributed by atoms with Crippen molar-refractivity contribution in [3.63, 3.8) is 0 Å². The van der Waals surface area contributed by atoms with E-state index < -0.39 is 5.97 Å². The summed E-state index contributed by atoms with van der Waals surface area (Å²) in [6.45, 7) is 5.15. The Balaban J connectivity index is 1.57. The van der Waals surface area contributed by atoms with Crippen LogP contribution in [-0.4, -0.2) is 34.7 Å². The van der Waals surface area contributed by atoms with Gasteiger partial charge in [-0.05, 0) is 49.7 Å². The van der Waals surface area contributed by atoms with Crippen molar-refractivity contribution < 1.29 is 28.0 Å². The quantitative estimate of drug-likeness (QED) is 0.426. The highest BCUT2D eigenvalue weighted by molar-refractivity contribution is 5.99. The van der Waals surface area contributed by atoms with Crippen LogP contribution >= 0.6 is 0 Å². The zero-order valence-corrected chi connectivity index (χ0v) is 16.4. The Morgan fingerprint density at radius 1 is 1.10 bits per heavy atom. The van der Waals surface area contributed by atoms with Crippen LogP contribution in [0.15, 0.2) is 40.9 Å². The van der Waals surface area contributed by atoms with E-state index in [0.717, 1.165) is 17.0 Å². The molecule has 1 aromatic carbocycles. The van der Waals surface area contributed by atoms with Crippen LogP contribution in [0.4, 0.5) is 4.39 Å². The Hall–Kier alpha value is -3.42. The highest BCUT2D eigenvalue weighted by Crippen LogP contribution is 2.18. The van der Waals surface area contributed by atoms with E-state index in [2.05, 4.69) is 5.16 Å². The third-order valence-electron chi connectivity index (χ3n) is 4.44. The molecule has 0 saturated heterocycles. The second-order valence-corrected chi connectivity index (χ2v) is 6.65. The van der Waals surface area contributed by atoms with Gasteiger partial charge in [-0.1, -0.05) is 12.1 Å². The van der Waals surface area contributed by atoms with Gasteiger partial charge in [0.05, 0.1) is 0 Å². The topological polar surface area (TPSA) is 83.6 Å². The average molecular weight is 400 g/mol. The van der Waals surface area contributed by atoms with Gasteiger partial charge >= 0.3 is 5.97 Å². The number of aromatic nitrogens is 2. The van der Waals surface area contributed by atoms with E-state index in [0.29, 0.717) is 17.9 Å². The van der Waals surface area contributed by atoms with E-state index in [1.54, 1.807) is 25.1 Å². The molecular formula is C21H21FN2O5. The van der Waals surface area contributed by atoms with Gasteiger partial charge < -0.3 is 18.6 Å². The summed E-state index contributed by atoms with van der Waals surface area (Å²) < 4.78 is 30.0. The van der Waals surface area contributed by atoms with Crippen LogP contribution in [0.3, 0.4) is 0 Å². The molecule has 2 heterocycles. The van der Waals surface area contributed by atoms with Crippen LogP contribution in [-0.2, 0) is 16.1 Å². The normalized spacial score (nSPS) is 10.8. The Labute approximate surface area is 167 Å². The van der Waals surface area contributed by atoms with Crippen LogP contribution in [0.25, 0.3) is 0 Å². The van der Waals surface area contributed by atoms with Gasteiger partial charge in [-0.15, -0.1) is 0 Å². The van der Waals surface area contributed by atoms with Gasteiger partial charge in [0.15, 0.2) is 13.2 Å². The summed E-state index contributed by atoms with van der Waals surface area (Å²) in [5.74, 6) is -0.557. The summed E-state index contributed by atoms with van der Waals surface area (Å²) in [7, 11) is 0. The van der Waals surface area contributed by atoms with E-state index in [1.807, 2.05) is 18.4 Å². The van der Waals surface area contributed by atoms with Crippen LogP contribution in [0, 0.1) is 26.6 Å². The standard InChI is InChI=1S/C21H21FN2O5/c1-13-8-18(15(3)24(13)10-16-4-6-17(22)7-5-16)19(25)11-28-21(26)12-27-20-9-14(2)29-23-20/h4-9H,10-12H2,1-3H3. The molecular weight excluding hydrogens is 379 g/mol. The number of hydrogen-bond donors (Lipinski definition) is 0. The molecule has 0 aliphatic heterocycles. The average Bonchev–Trinajstić information content (AvgIpc) is 3.24. The molecule has 8 heteroatoms. The molecule has 0 spiro atoms. The van der Waals surface area contributed by atoms with Crippen molar-refractivity contribution in [1.82, 2.24) is 9.72 Å². The molecule has 0 N–H and O–H groups in total. The molecule has 3 rings (SSSR count). The van der Waals surface area contributed by atoms with Gasteiger partial charge in [0.2, 0.25) is 5.78 Å². The molecule has 7 nitrogen and oxygen atoms in total. The summed E-state index contributed by atoms with van der Waals surface area (Å²) in [6.07, 6.45) is 0. The van der Waals surface area contributed by atoms with Gasteiger partial charge in [0.25, 0.3) is 5.88 Å². The second-order valence-electron chi connectivity index (χ2n) is 6.65. The van der Waals surface area contributed by atoms with E-state index >= 15 is 0 Å². The second kappa shape index (κ2) is 8.72. The summed E-state index contributed by atoms with van der Waals surface area (Å²) >= 11 is 0. The third kappa shape index (κ3) is 5.10. The lowest BCUT2D eigenvalue weighted by atomic mass is 10.1. The third-order valence-corrected chi connectivity index (χ3v) is 4.44.